The number of rotatable bonds is 2. The quantitative estimate of drug-likeness (QED) is 0.628. The van der Waals surface area contributed by atoms with Crippen molar-refractivity contribution in [3.63, 3.8) is 0 Å². The molecule has 1 aromatic rings. The molecule has 2 saturated heterocycles. The molecule has 3 unspecified atom stereocenters. The van der Waals surface area contributed by atoms with Gasteiger partial charge in [0.1, 0.15) is 0 Å². The van der Waals surface area contributed by atoms with Crippen LogP contribution in [0, 0.1) is 0 Å². The molecular formula is C14H12O6. The first kappa shape index (κ1) is 12.8. The van der Waals surface area contributed by atoms with Crippen molar-refractivity contribution >= 4 is 17.9 Å². The number of esters is 3. The Morgan fingerprint density at radius 2 is 1.60 bits per heavy atom. The van der Waals surface area contributed by atoms with Crippen molar-refractivity contribution < 1.29 is 29.0 Å². The monoisotopic (exact) mass is 276 g/mol. The second-order valence-electron chi connectivity index (χ2n) is 4.91. The summed E-state index contributed by atoms with van der Waals surface area (Å²) in [6.45, 7) is 0. The van der Waals surface area contributed by atoms with Gasteiger partial charge in [0.2, 0.25) is 6.29 Å². The molecular weight excluding hydrogens is 264 g/mol. The molecule has 0 saturated carbocycles. The largest absolute Gasteiger partial charge is 0.435 e. The first-order chi connectivity index (χ1) is 9.54. The predicted octanol–water partition coefficient (Wildman–Crippen LogP) is 0.593. The number of cyclic esters (lactones) is 3. The van der Waals surface area contributed by atoms with E-state index in [1.54, 1.807) is 24.3 Å². The summed E-state index contributed by atoms with van der Waals surface area (Å²) in [5.41, 5.74) is 1.44. The number of hydrogen-bond donors (Lipinski definition) is 1. The number of hydrogen-bond acceptors (Lipinski definition) is 6. The summed E-state index contributed by atoms with van der Waals surface area (Å²) in [5, 5.41) is 9.61. The van der Waals surface area contributed by atoms with Gasteiger partial charge < -0.3 is 14.6 Å². The molecule has 0 aliphatic carbocycles. The number of aliphatic hydroxyl groups excluding tert-OH is 1. The van der Waals surface area contributed by atoms with Crippen LogP contribution in [0.3, 0.4) is 0 Å². The van der Waals surface area contributed by atoms with E-state index in [0.717, 1.165) is 5.56 Å². The van der Waals surface area contributed by atoms with Gasteiger partial charge >= 0.3 is 17.9 Å². The predicted molar refractivity (Wildman–Crippen MR) is 64.4 cm³/mol. The van der Waals surface area contributed by atoms with Crippen LogP contribution in [0.4, 0.5) is 0 Å². The zero-order valence-corrected chi connectivity index (χ0v) is 10.4. The lowest BCUT2D eigenvalue weighted by Crippen LogP contribution is -2.13. The average molecular weight is 276 g/mol. The molecule has 6 heteroatoms. The van der Waals surface area contributed by atoms with Crippen molar-refractivity contribution in [2.45, 2.75) is 31.0 Å². The molecule has 1 N–H and O–H groups in total. The summed E-state index contributed by atoms with van der Waals surface area (Å²) in [5.74, 6) is -2.45. The normalized spacial score (nSPS) is 29.4. The Kier molecular flexibility index (Phi) is 3.02. The third-order valence-electron chi connectivity index (χ3n) is 3.62. The van der Waals surface area contributed by atoms with Crippen LogP contribution in [0.25, 0.3) is 0 Å². The van der Waals surface area contributed by atoms with Crippen LogP contribution in [-0.2, 0) is 23.9 Å². The maximum atomic E-state index is 11.5. The van der Waals surface area contributed by atoms with Gasteiger partial charge in [0.25, 0.3) is 0 Å². The summed E-state index contributed by atoms with van der Waals surface area (Å²) >= 11 is 0. The molecule has 3 rings (SSSR count). The highest BCUT2D eigenvalue weighted by Gasteiger charge is 2.36. The van der Waals surface area contributed by atoms with Gasteiger partial charge in [-0.05, 0) is 11.1 Å². The third kappa shape index (κ3) is 2.18. The van der Waals surface area contributed by atoms with Crippen molar-refractivity contribution in [1.29, 1.82) is 0 Å². The SMILES string of the molecule is O=C1CC(c2ccc(C3CC(=O)OC3O)cc2)C(=O)O1. The lowest BCUT2D eigenvalue weighted by atomic mass is 9.92. The summed E-state index contributed by atoms with van der Waals surface area (Å²) in [6, 6.07) is 6.85. The molecule has 0 spiro atoms. The molecule has 0 bridgehead atoms. The molecule has 2 aliphatic rings. The van der Waals surface area contributed by atoms with E-state index >= 15 is 0 Å². The molecule has 2 aliphatic heterocycles. The lowest BCUT2D eigenvalue weighted by molar-refractivity contribution is -0.155. The fourth-order valence-electron chi connectivity index (χ4n) is 2.53. The standard InChI is InChI=1S/C14H12O6/c15-11-5-9(13(17)19-11)7-1-2-8(4-3-7)10-6-12(16)20-14(10)18/h1-4,9-10,13,17H,5-6H2. The van der Waals surface area contributed by atoms with Gasteiger partial charge in [-0.3, -0.25) is 14.4 Å². The molecule has 104 valence electrons. The smallest absolute Gasteiger partial charge is 0.321 e. The minimum Gasteiger partial charge on any atom is -0.435 e. The van der Waals surface area contributed by atoms with Gasteiger partial charge in [0, 0.05) is 0 Å². The molecule has 20 heavy (non-hydrogen) atoms. The first-order valence-electron chi connectivity index (χ1n) is 6.26. The second-order valence-corrected chi connectivity index (χ2v) is 4.91. The van der Waals surface area contributed by atoms with Gasteiger partial charge in [-0.2, -0.15) is 0 Å². The van der Waals surface area contributed by atoms with E-state index in [2.05, 4.69) is 9.47 Å². The van der Waals surface area contributed by atoms with Crippen LogP contribution in [0.2, 0.25) is 0 Å². The minimum atomic E-state index is -1.13. The third-order valence-corrected chi connectivity index (χ3v) is 3.62. The number of carbonyl (C=O) groups is 3. The average Bonchev–Trinajstić information content (AvgIpc) is 2.92. The Morgan fingerprint density at radius 1 is 0.950 bits per heavy atom. The van der Waals surface area contributed by atoms with E-state index in [9.17, 15) is 19.5 Å². The van der Waals surface area contributed by atoms with Crippen molar-refractivity contribution in [3.8, 4) is 0 Å². The van der Waals surface area contributed by atoms with Crippen molar-refractivity contribution in [1.82, 2.24) is 0 Å². The number of aliphatic hydroxyl groups is 1. The van der Waals surface area contributed by atoms with E-state index < -0.39 is 36.0 Å². The zero-order valence-electron chi connectivity index (χ0n) is 10.4. The van der Waals surface area contributed by atoms with Crippen molar-refractivity contribution in [3.05, 3.63) is 35.4 Å². The van der Waals surface area contributed by atoms with Crippen LogP contribution in [0.1, 0.15) is 35.8 Å². The molecule has 0 amide bonds. The van der Waals surface area contributed by atoms with Gasteiger partial charge in [0.05, 0.1) is 24.7 Å². The highest BCUT2D eigenvalue weighted by Crippen LogP contribution is 2.33. The van der Waals surface area contributed by atoms with Crippen molar-refractivity contribution in [2.24, 2.45) is 0 Å². The second kappa shape index (κ2) is 4.72. The number of carbonyl (C=O) groups excluding carboxylic acids is 3. The molecule has 2 heterocycles. The first-order valence-corrected chi connectivity index (χ1v) is 6.26. The van der Waals surface area contributed by atoms with E-state index in [4.69, 9.17) is 0 Å². The Balaban J connectivity index is 1.80. The van der Waals surface area contributed by atoms with E-state index in [1.807, 2.05) is 0 Å². The Labute approximate surface area is 114 Å². The van der Waals surface area contributed by atoms with Crippen LogP contribution >= 0.6 is 0 Å². The maximum absolute atomic E-state index is 11.5. The van der Waals surface area contributed by atoms with E-state index in [1.165, 1.54) is 0 Å². The van der Waals surface area contributed by atoms with E-state index in [-0.39, 0.29) is 12.8 Å². The summed E-state index contributed by atoms with van der Waals surface area (Å²) in [6.07, 6.45) is -0.956. The van der Waals surface area contributed by atoms with Crippen LogP contribution in [-0.4, -0.2) is 29.3 Å². The fraction of sp³-hybridized carbons (Fsp3) is 0.357. The molecule has 0 radical (unpaired) electrons. The van der Waals surface area contributed by atoms with Crippen molar-refractivity contribution in [2.75, 3.05) is 0 Å². The Hall–Kier alpha value is -2.21. The fourth-order valence-corrected chi connectivity index (χ4v) is 2.53. The summed E-state index contributed by atoms with van der Waals surface area (Å²) < 4.78 is 9.19. The number of ether oxygens (including phenoxy) is 2. The van der Waals surface area contributed by atoms with Gasteiger partial charge in [-0.1, -0.05) is 24.3 Å². The zero-order chi connectivity index (χ0) is 14.3. The highest BCUT2D eigenvalue weighted by molar-refractivity contribution is 5.97. The molecule has 0 aromatic heterocycles. The Morgan fingerprint density at radius 3 is 2.10 bits per heavy atom. The van der Waals surface area contributed by atoms with Crippen LogP contribution < -0.4 is 0 Å². The Bertz CT molecular complexity index is 576. The summed E-state index contributed by atoms with van der Waals surface area (Å²) in [4.78, 5) is 33.6. The summed E-state index contributed by atoms with van der Waals surface area (Å²) in [7, 11) is 0. The van der Waals surface area contributed by atoms with Crippen LogP contribution in [0.15, 0.2) is 24.3 Å². The molecule has 1 aromatic carbocycles. The van der Waals surface area contributed by atoms with Gasteiger partial charge in [-0.15, -0.1) is 0 Å². The highest BCUT2D eigenvalue weighted by atomic mass is 16.6. The topological polar surface area (TPSA) is 89.9 Å². The van der Waals surface area contributed by atoms with Gasteiger partial charge in [-0.25, -0.2) is 0 Å². The van der Waals surface area contributed by atoms with E-state index in [0.29, 0.717) is 5.56 Å². The minimum absolute atomic E-state index is 0.0475. The lowest BCUT2D eigenvalue weighted by Gasteiger charge is -2.13. The molecule has 6 nitrogen and oxygen atoms in total. The van der Waals surface area contributed by atoms with Gasteiger partial charge in [0.15, 0.2) is 0 Å². The molecule has 2 fully saturated rings. The van der Waals surface area contributed by atoms with Crippen LogP contribution in [0.5, 0.6) is 0 Å². The number of benzene rings is 1. The maximum Gasteiger partial charge on any atom is 0.321 e. The molecule has 3 atom stereocenters.